The van der Waals surface area contributed by atoms with Crippen LogP contribution in [0, 0.1) is 10.1 Å². The lowest BCUT2D eigenvalue weighted by atomic mass is 9.97. The number of nitro groups is 1. The number of allylic oxidation sites excluding steroid dienone is 1. The molecule has 28 heavy (non-hydrogen) atoms. The van der Waals surface area contributed by atoms with Crippen molar-refractivity contribution in [3.63, 3.8) is 0 Å². The fourth-order valence-corrected chi connectivity index (χ4v) is 3.07. The van der Waals surface area contributed by atoms with Gasteiger partial charge >= 0.3 is 5.88 Å². The van der Waals surface area contributed by atoms with Crippen LogP contribution >= 0.6 is 0 Å². The van der Waals surface area contributed by atoms with Gasteiger partial charge < -0.3 is 9.15 Å². The summed E-state index contributed by atoms with van der Waals surface area (Å²) < 4.78 is 11.1. The fourth-order valence-electron chi connectivity index (χ4n) is 3.07. The van der Waals surface area contributed by atoms with Crippen LogP contribution in [0.15, 0.2) is 76.1 Å². The van der Waals surface area contributed by atoms with Gasteiger partial charge in [-0.05, 0) is 54.0 Å². The van der Waals surface area contributed by atoms with E-state index in [1.165, 1.54) is 11.6 Å². The molecule has 0 radical (unpaired) electrons. The molecule has 140 valence electrons. The highest BCUT2D eigenvalue weighted by Gasteiger charge is 2.14. The van der Waals surface area contributed by atoms with E-state index in [1.807, 2.05) is 48.5 Å². The molecule has 0 N–H and O–H groups in total. The predicted octanol–water partition coefficient (Wildman–Crippen LogP) is 4.83. The first-order chi connectivity index (χ1) is 13.7. The minimum atomic E-state index is -0.554. The van der Waals surface area contributed by atoms with Gasteiger partial charge in [0.25, 0.3) is 0 Å². The topological polar surface area (TPSA) is 77.9 Å². The number of rotatable bonds is 6. The summed E-state index contributed by atoms with van der Waals surface area (Å²) in [5.41, 5.74) is 4.16. The average Bonchev–Trinajstić information content (AvgIpc) is 3.21. The molecule has 1 aliphatic rings. The Kier molecular flexibility index (Phi) is 5.01. The Balaban J connectivity index is 1.48. The van der Waals surface area contributed by atoms with Crippen molar-refractivity contribution in [3.8, 4) is 5.75 Å². The number of ether oxygens (including phenoxy) is 1. The van der Waals surface area contributed by atoms with Crippen LogP contribution in [-0.4, -0.2) is 17.2 Å². The van der Waals surface area contributed by atoms with Gasteiger partial charge in [-0.3, -0.25) is 15.1 Å². The number of hydrogen-bond acceptors (Lipinski definition) is 5. The van der Waals surface area contributed by atoms with Crippen LogP contribution in [0.5, 0.6) is 5.75 Å². The minimum absolute atomic E-state index is 0.272. The molecule has 6 heteroatoms. The van der Waals surface area contributed by atoms with Crippen molar-refractivity contribution < 1.29 is 14.1 Å². The molecule has 3 aromatic rings. The van der Waals surface area contributed by atoms with E-state index in [-0.39, 0.29) is 5.88 Å². The zero-order valence-corrected chi connectivity index (χ0v) is 15.1. The van der Waals surface area contributed by atoms with Gasteiger partial charge in [-0.1, -0.05) is 30.3 Å². The molecule has 0 spiro atoms. The van der Waals surface area contributed by atoms with Crippen LogP contribution in [-0.2, 0) is 13.0 Å². The van der Waals surface area contributed by atoms with Crippen molar-refractivity contribution in [2.45, 2.75) is 13.0 Å². The van der Waals surface area contributed by atoms with Gasteiger partial charge in [0.1, 0.15) is 23.0 Å². The summed E-state index contributed by atoms with van der Waals surface area (Å²) in [6.07, 6.45) is 4.37. The Morgan fingerprint density at radius 1 is 1.11 bits per heavy atom. The van der Waals surface area contributed by atoms with Crippen molar-refractivity contribution in [2.75, 3.05) is 6.54 Å². The summed E-state index contributed by atoms with van der Waals surface area (Å²) >= 11 is 0. The van der Waals surface area contributed by atoms with Gasteiger partial charge in [0.2, 0.25) is 0 Å². The van der Waals surface area contributed by atoms with E-state index < -0.39 is 4.92 Å². The third-order valence-electron chi connectivity index (χ3n) is 4.46. The molecule has 0 amide bonds. The van der Waals surface area contributed by atoms with Crippen LogP contribution in [0.2, 0.25) is 0 Å². The molecule has 0 unspecified atom stereocenters. The first kappa shape index (κ1) is 17.7. The molecule has 4 rings (SSSR count). The van der Waals surface area contributed by atoms with Crippen molar-refractivity contribution in [3.05, 3.63) is 99.3 Å². The Morgan fingerprint density at radius 3 is 2.75 bits per heavy atom. The zero-order valence-electron chi connectivity index (χ0n) is 15.1. The maximum atomic E-state index is 10.7. The summed E-state index contributed by atoms with van der Waals surface area (Å²) in [5.74, 6) is 0.977. The summed E-state index contributed by atoms with van der Waals surface area (Å²) in [7, 11) is 0. The summed E-state index contributed by atoms with van der Waals surface area (Å²) in [4.78, 5) is 14.7. The summed E-state index contributed by atoms with van der Waals surface area (Å²) in [5, 5.41) is 10.7. The molecule has 2 aromatic carbocycles. The Hall–Kier alpha value is -3.67. The summed E-state index contributed by atoms with van der Waals surface area (Å²) in [6, 6.07) is 18.9. The van der Waals surface area contributed by atoms with Crippen molar-refractivity contribution in [1.82, 2.24) is 0 Å². The molecule has 6 nitrogen and oxygen atoms in total. The lowest BCUT2D eigenvalue weighted by molar-refractivity contribution is -0.402. The van der Waals surface area contributed by atoms with E-state index in [0.717, 1.165) is 29.0 Å². The van der Waals surface area contributed by atoms with E-state index in [0.29, 0.717) is 18.9 Å². The number of nitrogens with zero attached hydrogens (tertiary/aromatic N) is 2. The van der Waals surface area contributed by atoms with Crippen molar-refractivity contribution >= 4 is 17.7 Å². The Labute approximate surface area is 161 Å². The SMILES string of the molecule is O=[N+]([O-])c1ccc(C=CC2=NCCc3cc(OCc4ccccc4)ccc32)o1. The van der Waals surface area contributed by atoms with E-state index in [2.05, 4.69) is 11.1 Å². The van der Waals surface area contributed by atoms with E-state index >= 15 is 0 Å². The van der Waals surface area contributed by atoms with Gasteiger partial charge in [0, 0.05) is 12.1 Å². The maximum Gasteiger partial charge on any atom is 0.433 e. The third-order valence-corrected chi connectivity index (χ3v) is 4.46. The van der Waals surface area contributed by atoms with Gasteiger partial charge in [-0.25, -0.2) is 0 Å². The molecular formula is C22H18N2O4. The first-order valence-electron chi connectivity index (χ1n) is 8.96. The molecule has 0 fully saturated rings. The second-order valence-electron chi connectivity index (χ2n) is 6.38. The normalized spacial score (nSPS) is 13.2. The number of fused-ring (bicyclic) bond motifs is 1. The molecule has 0 atom stereocenters. The molecule has 0 saturated carbocycles. The zero-order chi connectivity index (χ0) is 19.3. The number of furan rings is 1. The van der Waals surface area contributed by atoms with E-state index in [4.69, 9.17) is 9.15 Å². The quantitative estimate of drug-likeness (QED) is 0.457. The Bertz CT molecular complexity index is 1050. The van der Waals surface area contributed by atoms with Crippen molar-refractivity contribution in [1.29, 1.82) is 0 Å². The smallest absolute Gasteiger partial charge is 0.433 e. The molecule has 0 bridgehead atoms. The molecule has 2 heterocycles. The minimum Gasteiger partial charge on any atom is -0.489 e. The van der Waals surface area contributed by atoms with Gasteiger partial charge in [-0.15, -0.1) is 0 Å². The van der Waals surface area contributed by atoms with Crippen molar-refractivity contribution in [2.24, 2.45) is 4.99 Å². The second kappa shape index (κ2) is 7.92. The van der Waals surface area contributed by atoms with Gasteiger partial charge in [0.05, 0.1) is 11.8 Å². The summed E-state index contributed by atoms with van der Waals surface area (Å²) in [6.45, 7) is 1.21. The van der Waals surface area contributed by atoms with E-state index in [9.17, 15) is 10.1 Å². The second-order valence-corrected chi connectivity index (χ2v) is 6.38. The first-order valence-corrected chi connectivity index (χ1v) is 8.96. The number of aliphatic imine (C=N–C) groups is 1. The molecular weight excluding hydrogens is 356 g/mol. The highest BCUT2D eigenvalue weighted by molar-refractivity contribution is 6.12. The standard InChI is InChI=1S/C22H18N2O4/c25-24(26)22-11-8-18(28-22)7-10-21-20-9-6-19(14-17(20)12-13-23-21)27-15-16-4-2-1-3-5-16/h1-11,14H,12-13,15H2. The average molecular weight is 374 g/mol. The fraction of sp³-hybridized carbons (Fsp3) is 0.136. The van der Waals surface area contributed by atoms with Gasteiger partial charge in [-0.2, -0.15) is 0 Å². The van der Waals surface area contributed by atoms with Crippen LogP contribution in [0.1, 0.15) is 22.5 Å². The maximum absolute atomic E-state index is 10.7. The highest BCUT2D eigenvalue weighted by Crippen LogP contribution is 2.24. The highest BCUT2D eigenvalue weighted by atomic mass is 16.6. The molecule has 1 aliphatic heterocycles. The molecule has 0 saturated heterocycles. The van der Waals surface area contributed by atoms with Gasteiger partial charge in [0.15, 0.2) is 0 Å². The predicted molar refractivity (Wildman–Crippen MR) is 107 cm³/mol. The van der Waals surface area contributed by atoms with Crippen LogP contribution < -0.4 is 4.74 Å². The molecule has 0 aliphatic carbocycles. The lowest BCUT2D eigenvalue weighted by Gasteiger charge is -2.16. The molecule has 1 aromatic heterocycles. The number of benzene rings is 2. The van der Waals surface area contributed by atoms with Crippen LogP contribution in [0.4, 0.5) is 5.88 Å². The third kappa shape index (κ3) is 4.01. The Morgan fingerprint density at radius 2 is 1.96 bits per heavy atom. The number of hydrogen-bond donors (Lipinski definition) is 0. The van der Waals surface area contributed by atoms with E-state index in [1.54, 1.807) is 12.1 Å². The lowest BCUT2D eigenvalue weighted by Crippen LogP contribution is -2.11. The monoisotopic (exact) mass is 374 g/mol. The van der Waals surface area contributed by atoms with Crippen LogP contribution in [0.25, 0.3) is 6.08 Å². The van der Waals surface area contributed by atoms with Crippen LogP contribution in [0.3, 0.4) is 0 Å². The largest absolute Gasteiger partial charge is 0.489 e.